The summed E-state index contributed by atoms with van der Waals surface area (Å²) in [4.78, 5) is 2.30. The molecule has 0 spiro atoms. The molecule has 1 aromatic rings. The second-order valence-corrected chi connectivity index (χ2v) is 5.35. The van der Waals surface area contributed by atoms with E-state index in [0.29, 0.717) is 12.1 Å². The van der Waals surface area contributed by atoms with Crippen molar-refractivity contribution >= 4 is 12.4 Å². The van der Waals surface area contributed by atoms with E-state index in [1.807, 2.05) is 0 Å². The largest absolute Gasteiger partial charge is 0.573 e. The van der Waals surface area contributed by atoms with E-state index in [1.54, 1.807) is 12.1 Å². The molecule has 2 rings (SSSR count). The van der Waals surface area contributed by atoms with Crippen LogP contribution in [0, 0.1) is 0 Å². The van der Waals surface area contributed by atoms with Crippen molar-refractivity contribution in [1.82, 2.24) is 10.2 Å². The molecule has 2 unspecified atom stereocenters. The Morgan fingerprint density at radius 3 is 2.14 bits per heavy atom. The highest BCUT2D eigenvalue weighted by Gasteiger charge is 2.31. The summed E-state index contributed by atoms with van der Waals surface area (Å²) in [6.45, 7) is 6.87. The Bertz CT molecular complexity index is 429. The molecule has 7 heteroatoms. The van der Waals surface area contributed by atoms with E-state index in [4.69, 9.17) is 0 Å². The number of hydrogen-bond donors (Lipinski definition) is 1. The Morgan fingerprint density at radius 1 is 1.14 bits per heavy atom. The average molecular weight is 325 g/mol. The number of rotatable bonds is 3. The lowest BCUT2D eigenvalue weighted by atomic mass is 10.1. The Labute approximate surface area is 128 Å². The molecule has 21 heavy (non-hydrogen) atoms. The summed E-state index contributed by atoms with van der Waals surface area (Å²) in [6, 6.07) is 6.92. The van der Waals surface area contributed by atoms with Crippen LogP contribution in [0.1, 0.15) is 19.4 Å². The molecule has 0 bridgehead atoms. The van der Waals surface area contributed by atoms with Crippen LogP contribution in [0.15, 0.2) is 24.3 Å². The van der Waals surface area contributed by atoms with Gasteiger partial charge in [-0.1, -0.05) is 12.1 Å². The predicted octanol–water partition coefficient (Wildman–Crippen LogP) is 3.19. The maximum absolute atomic E-state index is 12.1. The van der Waals surface area contributed by atoms with Crippen LogP contribution in [0.5, 0.6) is 5.75 Å². The topological polar surface area (TPSA) is 24.5 Å². The van der Waals surface area contributed by atoms with E-state index in [2.05, 4.69) is 28.8 Å². The van der Waals surface area contributed by atoms with Gasteiger partial charge in [-0.15, -0.1) is 25.6 Å². The number of nitrogens with one attached hydrogen (secondary N) is 1. The van der Waals surface area contributed by atoms with Crippen molar-refractivity contribution < 1.29 is 17.9 Å². The van der Waals surface area contributed by atoms with E-state index in [-0.39, 0.29) is 18.2 Å². The van der Waals surface area contributed by atoms with E-state index in [0.717, 1.165) is 25.2 Å². The minimum Gasteiger partial charge on any atom is -0.406 e. The van der Waals surface area contributed by atoms with Gasteiger partial charge in [0.1, 0.15) is 5.75 Å². The zero-order valence-corrected chi connectivity index (χ0v) is 12.8. The Morgan fingerprint density at radius 2 is 1.67 bits per heavy atom. The van der Waals surface area contributed by atoms with Crippen LogP contribution in [0.2, 0.25) is 0 Å². The van der Waals surface area contributed by atoms with Gasteiger partial charge >= 0.3 is 6.36 Å². The van der Waals surface area contributed by atoms with Crippen LogP contribution in [0.25, 0.3) is 0 Å². The van der Waals surface area contributed by atoms with Gasteiger partial charge in [0.15, 0.2) is 0 Å². The summed E-state index contributed by atoms with van der Waals surface area (Å²) >= 11 is 0. The fourth-order valence-corrected chi connectivity index (χ4v) is 2.62. The van der Waals surface area contributed by atoms with Crippen molar-refractivity contribution in [3.8, 4) is 5.75 Å². The molecule has 3 nitrogen and oxygen atoms in total. The maximum atomic E-state index is 12.1. The summed E-state index contributed by atoms with van der Waals surface area (Å²) in [5.74, 6) is -0.178. The third-order valence-corrected chi connectivity index (χ3v) is 3.20. The van der Waals surface area contributed by atoms with Crippen LogP contribution < -0.4 is 10.1 Å². The van der Waals surface area contributed by atoms with Crippen molar-refractivity contribution in [3.63, 3.8) is 0 Å². The van der Waals surface area contributed by atoms with E-state index < -0.39 is 6.36 Å². The fourth-order valence-electron chi connectivity index (χ4n) is 2.62. The minimum absolute atomic E-state index is 0. The lowest BCUT2D eigenvalue weighted by molar-refractivity contribution is -0.274. The van der Waals surface area contributed by atoms with Crippen molar-refractivity contribution in [2.24, 2.45) is 0 Å². The molecule has 1 aromatic carbocycles. The zero-order valence-electron chi connectivity index (χ0n) is 12.0. The normalized spacial score (nSPS) is 23.5. The standard InChI is InChI=1S/C14H19F3N2O.ClH/c1-10-7-19(8-11(2)18-10)9-12-3-5-13(6-4-12)20-14(15,16)17;/h3-6,10-11,18H,7-9H2,1-2H3;1H. The highest BCUT2D eigenvalue weighted by atomic mass is 35.5. The molecule has 0 aromatic heterocycles. The number of piperazine rings is 1. The molecule has 0 saturated carbocycles. The number of nitrogens with zero attached hydrogens (tertiary/aromatic N) is 1. The van der Waals surface area contributed by atoms with Crippen molar-refractivity contribution in [2.45, 2.75) is 38.8 Å². The smallest absolute Gasteiger partial charge is 0.406 e. The average Bonchev–Trinajstić information content (AvgIpc) is 2.28. The third kappa shape index (κ3) is 6.11. The molecule has 1 heterocycles. The van der Waals surface area contributed by atoms with Gasteiger partial charge in [-0.3, -0.25) is 4.90 Å². The third-order valence-electron chi connectivity index (χ3n) is 3.20. The van der Waals surface area contributed by atoms with Gasteiger partial charge in [0.2, 0.25) is 0 Å². The van der Waals surface area contributed by atoms with E-state index in [9.17, 15) is 13.2 Å². The first-order valence-corrected chi connectivity index (χ1v) is 6.65. The molecule has 1 fully saturated rings. The fraction of sp³-hybridized carbons (Fsp3) is 0.571. The monoisotopic (exact) mass is 324 g/mol. The summed E-state index contributed by atoms with van der Waals surface area (Å²) in [5.41, 5.74) is 0.987. The van der Waals surface area contributed by atoms with Gasteiger partial charge in [-0.05, 0) is 31.5 Å². The molecule has 1 saturated heterocycles. The first-order chi connectivity index (χ1) is 9.32. The lowest BCUT2D eigenvalue weighted by Crippen LogP contribution is -2.53. The summed E-state index contributed by atoms with van der Waals surface area (Å²) in [7, 11) is 0. The second kappa shape index (κ2) is 7.33. The molecular formula is C14H20ClF3N2O. The molecule has 1 aliphatic heterocycles. The van der Waals surface area contributed by atoms with Crippen LogP contribution in [-0.4, -0.2) is 36.4 Å². The predicted molar refractivity (Wildman–Crippen MR) is 77.7 cm³/mol. The van der Waals surface area contributed by atoms with Crippen LogP contribution in [-0.2, 0) is 6.54 Å². The Kier molecular flexibility index (Phi) is 6.31. The summed E-state index contributed by atoms with van der Waals surface area (Å²) < 4.78 is 40.0. The number of ether oxygens (including phenoxy) is 1. The number of benzene rings is 1. The Balaban J connectivity index is 0.00000220. The minimum atomic E-state index is -4.63. The van der Waals surface area contributed by atoms with Gasteiger partial charge in [0, 0.05) is 31.7 Å². The molecule has 2 atom stereocenters. The Hall–Kier alpha value is -0.980. The highest BCUT2D eigenvalue weighted by Crippen LogP contribution is 2.23. The second-order valence-electron chi connectivity index (χ2n) is 5.35. The molecule has 120 valence electrons. The first kappa shape index (κ1) is 18.1. The van der Waals surface area contributed by atoms with Gasteiger partial charge in [0.25, 0.3) is 0 Å². The number of alkyl halides is 3. The highest BCUT2D eigenvalue weighted by molar-refractivity contribution is 5.85. The van der Waals surface area contributed by atoms with Gasteiger partial charge in [-0.2, -0.15) is 0 Å². The number of hydrogen-bond acceptors (Lipinski definition) is 3. The van der Waals surface area contributed by atoms with Crippen molar-refractivity contribution in [2.75, 3.05) is 13.1 Å². The molecule has 1 aliphatic rings. The SMILES string of the molecule is CC1CN(Cc2ccc(OC(F)(F)F)cc2)CC(C)N1.Cl. The zero-order chi connectivity index (χ0) is 14.8. The first-order valence-electron chi connectivity index (χ1n) is 6.65. The molecule has 1 N–H and O–H groups in total. The van der Waals surface area contributed by atoms with Crippen molar-refractivity contribution in [1.29, 1.82) is 0 Å². The van der Waals surface area contributed by atoms with E-state index in [1.165, 1.54) is 12.1 Å². The van der Waals surface area contributed by atoms with Crippen LogP contribution in [0.4, 0.5) is 13.2 Å². The molecular weight excluding hydrogens is 305 g/mol. The van der Waals surface area contributed by atoms with Crippen LogP contribution >= 0.6 is 12.4 Å². The lowest BCUT2D eigenvalue weighted by Gasteiger charge is -2.36. The molecule has 0 radical (unpaired) electrons. The summed E-state index contributed by atoms with van der Waals surface area (Å²) in [6.07, 6.45) is -4.63. The molecule has 0 amide bonds. The van der Waals surface area contributed by atoms with Gasteiger partial charge < -0.3 is 10.1 Å². The van der Waals surface area contributed by atoms with E-state index >= 15 is 0 Å². The maximum Gasteiger partial charge on any atom is 0.573 e. The summed E-state index contributed by atoms with van der Waals surface area (Å²) in [5, 5.41) is 3.44. The van der Waals surface area contributed by atoms with Crippen molar-refractivity contribution in [3.05, 3.63) is 29.8 Å². The molecule has 0 aliphatic carbocycles. The van der Waals surface area contributed by atoms with Gasteiger partial charge in [-0.25, -0.2) is 0 Å². The van der Waals surface area contributed by atoms with Gasteiger partial charge in [0.05, 0.1) is 0 Å². The van der Waals surface area contributed by atoms with Crippen LogP contribution in [0.3, 0.4) is 0 Å². The number of halogens is 4. The quantitative estimate of drug-likeness (QED) is 0.924.